The van der Waals surface area contributed by atoms with Gasteiger partial charge in [-0.25, -0.2) is 0 Å². The maximum Gasteiger partial charge on any atom is 0.0834 e. The summed E-state index contributed by atoms with van der Waals surface area (Å²) in [6.07, 6.45) is 1.72. The molecule has 2 aromatic rings. The van der Waals surface area contributed by atoms with E-state index < -0.39 is 0 Å². The van der Waals surface area contributed by atoms with Crippen LogP contribution in [0.5, 0.6) is 0 Å². The van der Waals surface area contributed by atoms with Crippen molar-refractivity contribution in [1.82, 2.24) is 10.2 Å². The van der Waals surface area contributed by atoms with Gasteiger partial charge in [0.25, 0.3) is 0 Å². The van der Waals surface area contributed by atoms with Gasteiger partial charge in [0, 0.05) is 22.6 Å². The summed E-state index contributed by atoms with van der Waals surface area (Å²) in [5.41, 5.74) is 2.63. The van der Waals surface area contributed by atoms with Crippen LogP contribution in [0.4, 0.5) is 0 Å². The van der Waals surface area contributed by atoms with Gasteiger partial charge in [-0.1, -0.05) is 42.5 Å². The number of hydrogen-bond donors (Lipinski definition) is 2. The minimum atomic E-state index is -0.325. The van der Waals surface area contributed by atoms with Gasteiger partial charge in [0.2, 0.25) is 0 Å². The number of rotatable bonds is 5. The normalized spacial score (nSPS) is 24.1. The lowest BCUT2D eigenvalue weighted by Gasteiger charge is -2.40. The Balaban J connectivity index is 1.50. The van der Waals surface area contributed by atoms with E-state index in [1.165, 1.54) is 16.0 Å². The summed E-state index contributed by atoms with van der Waals surface area (Å²) < 4.78 is 0. The maximum atomic E-state index is 11.4. The van der Waals surface area contributed by atoms with Crippen molar-refractivity contribution in [1.29, 1.82) is 0 Å². The SMILES string of the molecule is CN(CCSc1ccccc1)[C@@H]1c2ccccc2C2(CCNCC2)[C@H]1O. The molecule has 4 heteroatoms. The van der Waals surface area contributed by atoms with Gasteiger partial charge in [0.15, 0.2) is 0 Å². The highest BCUT2D eigenvalue weighted by Crippen LogP contribution is 2.51. The number of fused-ring (bicyclic) bond motifs is 2. The first kappa shape index (κ1) is 18.1. The Hall–Kier alpha value is -1.33. The van der Waals surface area contributed by atoms with E-state index >= 15 is 0 Å². The third-order valence-electron chi connectivity index (χ3n) is 6.11. The number of nitrogens with zero attached hydrogens (tertiary/aromatic N) is 1. The van der Waals surface area contributed by atoms with Crippen LogP contribution in [0.3, 0.4) is 0 Å². The molecule has 138 valence electrons. The molecule has 2 aliphatic rings. The van der Waals surface area contributed by atoms with Crippen molar-refractivity contribution in [2.24, 2.45) is 0 Å². The van der Waals surface area contributed by atoms with Gasteiger partial charge in [0.05, 0.1) is 12.1 Å². The van der Waals surface area contributed by atoms with Gasteiger partial charge in [-0.2, -0.15) is 0 Å². The Morgan fingerprint density at radius 1 is 1.08 bits per heavy atom. The van der Waals surface area contributed by atoms with E-state index in [-0.39, 0.29) is 17.6 Å². The number of hydrogen-bond acceptors (Lipinski definition) is 4. The summed E-state index contributed by atoms with van der Waals surface area (Å²) in [7, 11) is 2.16. The molecule has 2 N–H and O–H groups in total. The van der Waals surface area contributed by atoms with E-state index in [9.17, 15) is 5.11 Å². The second-order valence-electron chi connectivity index (χ2n) is 7.53. The number of aliphatic hydroxyl groups is 1. The molecule has 26 heavy (non-hydrogen) atoms. The third kappa shape index (κ3) is 3.20. The fraction of sp³-hybridized carbons (Fsp3) is 0.455. The lowest BCUT2D eigenvalue weighted by molar-refractivity contribution is 0.00845. The molecule has 4 rings (SSSR count). The molecular formula is C22H28N2OS. The molecule has 0 bridgehead atoms. The van der Waals surface area contributed by atoms with Crippen LogP contribution < -0.4 is 5.32 Å². The van der Waals surface area contributed by atoms with E-state index in [0.29, 0.717) is 0 Å². The average Bonchev–Trinajstić information content (AvgIpc) is 2.92. The standard InChI is InChI=1S/C22H28N2OS/c1-24(15-16-26-17-7-3-2-4-8-17)20-18-9-5-6-10-19(18)22(21(20)25)11-13-23-14-12-22/h2-10,20-21,23,25H,11-16H2,1H3/t20-,21+/m1/s1. The Bertz CT molecular complexity index is 730. The van der Waals surface area contributed by atoms with Crippen LogP contribution >= 0.6 is 11.8 Å². The Morgan fingerprint density at radius 2 is 1.77 bits per heavy atom. The molecule has 2 aromatic carbocycles. The predicted octanol–water partition coefficient (Wildman–Crippen LogP) is 3.45. The quantitative estimate of drug-likeness (QED) is 0.793. The van der Waals surface area contributed by atoms with Crippen LogP contribution in [-0.4, -0.2) is 48.5 Å². The molecule has 1 spiro atoms. The zero-order valence-corrected chi connectivity index (χ0v) is 16.2. The summed E-state index contributed by atoms with van der Waals surface area (Å²) >= 11 is 1.88. The highest BCUT2D eigenvalue weighted by molar-refractivity contribution is 7.99. The van der Waals surface area contributed by atoms with Gasteiger partial charge in [-0.3, -0.25) is 4.90 Å². The second-order valence-corrected chi connectivity index (χ2v) is 8.69. The van der Waals surface area contributed by atoms with E-state index in [1.54, 1.807) is 0 Å². The fourth-order valence-electron chi connectivity index (χ4n) is 4.72. The van der Waals surface area contributed by atoms with Gasteiger partial charge in [-0.15, -0.1) is 11.8 Å². The van der Waals surface area contributed by atoms with Crippen molar-refractivity contribution in [2.75, 3.05) is 32.4 Å². The van der Waals surface area contributed by atoms with Crippen LogP contribution in [0, 0.1) is 0 Å². The molecule has 1 fully saturated rings. The lowest BCUT2D eigenvalue weighted by Crippen LogP contribution is -2.48. The van der Waals surface area contributed by atoms with Crippen LogP contribution in [0.15, 0.2) is 59.5 Å². The molecule has 0 saturated carbocycles. The molecule has 1 heterocycles. The third-order valence-corrected chi connectivity index (χ3v) is 7.10. The molecule has 0 aromatic heterocycles. The van der Waals surface area contributed by atoms with Crippen molar-refractivity contribution in [3.8, 4) is 0 Å². The van der Waals surface area contributed by atoms with Crippen molar-refractivity contribution >= 4 is 11.8 Å². The van der Waals surface area contributed by atoms with Gasteiger partial charge in [0.1, 0.15) is 0 Å². The summed E-state index contributed by atoms with van der Waals surface area (Å²) in [5, 5.41) is 14.9. The molecule has 2 atom stereocenters. The fourth-order valence-corrected chi connectivity index (χ4v) is 5.68. The Labute approximate surface area is 160 Å². The van der Waals surface area contributed by atoms with Crippen LogP contribution in [0.25, 0.3) is 0 Å². The minimum absolute atomic E-state index is 0.0760. The van der Waals surface area contributed by atoms with E-state index in [2.05, 4.69) is 71.9 Å². The summed E-state index contributed by atoms with van der Waals surface area (Å²) in [6.45, 7) is 2.95. The number of nitrogens with one attached hydrogen (secondary N) is 1. The molecule has 1 saturated heterocycles. The van der Waals surface area contributed by atoms with Crippen molar-refractivity contribution in [2.45, 2.75) is 35.3 Å². The molecular weight excluding hydrogens is 340 g/mol. The maximum absolute atomic E-state index is 11.4. The van der Waals surface area contributed by atoms with Crippen molar-refractivity contribution in [3.05, 3.63) is 65.7 Å². The van der Waals surface area contributed by atoms with Gasteiger partial charge >= 0.3 is 0 Å². The van der Waals surface area contributed by atoms with Crippen molar-refractivity contribution in [3.63, 3.8) is 0 Å². The predicted molar refractivity (Wildman–Crippen MR) is 109 cm³/mol. The van der Waals surface area contributed by atoms with Crippen LogP contribution in [0.2, 0.25) is 0 Å². The zero-order valence-electron chi connectivity index (χ0n) is 15.4. The zero-order chi connectivity index (χ0) is 18.0. The first-order valence-corrected chi connectivity index (χ1v) is 10.6. The highest BCUT2D eigenvalue weighted by atomic mass is 32.2. The number of aliphatic hydroxyl groups excluding tert-OH is 1. The van der Waals surface area contributed by atoms with Gasteiger partial charge < -0.3 is 10.4 Å². The van der Waals surface area contributed by atoms with Crippen molar-refractivity contribution < 1.29 is 5.11 Å². The average molecular weight is 369 g/mol. The largest absolute Gasteiger partial charge is 0.390 e. The van der Waals surface area contributed by atoms with Crippen LogP contribution in [-0.2, 0) is 5.41 Å². The molecule has 0 unspecified atom stereocenters. The molecule has 0 radical (unpaired) electrons. The number of likely N-dealkylation sites (N-methyl/N-ethyl adjacent to an activating group) is 1. The topological polar surface area (TPSA) is 35.5 Å². The minimum Gasteiger partial charge on any atom is -0.390 e. The lowest BCUT2D eigenvalue weighted by atomic mass is 9.72. The van der Waals surface area contributed by atoms with E-state index in [1.807, 2.05) is 11.8 Å². The monoisotopic (exact) mass is 368 g/mol. The summed E-state index contributed by atoms with van der Waals surface area (Å²) in [4.78, 5) is 3.67. The molecule has 3 nitrogen and oxygen atoms in total. The Morgan fingerprint density at radius 3 is 2.54 bits per heavy atom. The molecule has 0 amide bonds. The summed E-state index contributed by atoms with van der Waals surface area (Å²) in [6, 6.07) is 19.4. The summed E-state index contributed by atoms with van der Waals surface area (Å²) in [5.74, 6) is 1.03. The first-order chi connectivity index (χ1) is 12.7. The second kappa shape index (κ2) is 7.73. The molecule has 1 aliphatic heterocycles. The number of piperidine rings is 1. The molecule has 1 aliphatic carbocycles. The van der Waals surface area contributed by atoms with E-state index in [4.69, 9.17) is 0 Å². The van der Waals surface area contributed by atoms with E-state index in [0.717, 1.165) is 38.2 Å². The Kier molecular flexibility index (Phi) is 5.37. The smallest absolute Gasteiger partial charge is 0.0834 e. The number of thioether (sulfide) groups is 1. The van der Waals surface area contributed by atoms with Crippen LogP contribution in [0.1, 0.15) is 30.0 Å². The number of benzene rings is 2. The van der Waals surface area contributed by atoms with Gasteiger partial charge in [-0.05, 0) is 56.2 Å². The highest BCUT2D eigenvalue weighted by Gasteiger charge is 2.52. The first-order valence-electron chi connectivity index (χ1n) is 9.59.